The Bertz CT molecular complexity index is 210. The Kier molecular flexibility index (Phi) is 3.65. The minimum Gasteiger partial charge on any atom is -0.329 e. The van der Waals surface area contributed by atoms with Gasteiger partial charge >= 0.3 is 0 Å². The maximum atomic E-state index is 5.49. The normalized spacial score (nSPS) is 15.9. The zero-order chi connectivity index (χ0) is 8.97. The van der Waals surface area contributed by atoms with E-state index >= 15 is 0 Å². The van der Waals surface area contributed by atoms with Crippen molar-refractivity contribution in [1.29, 1.82) is 0 Å². The molecule has 0 amide bonds. The highest BCUT2D eigenvalue weighted by Gasteiger charge is 2.09. The van der Waals surface area contributed by atoms with Crippen molar-refractivity contribution < 1.29 is 0 Å². The van der Waals surface area contributed by atoms with Crippen LogP contribution in [0.1, 0.15) is 24.9 Å². The van der Waals surface area contributed by atoms with E-state index < -0.39 is 0 Å². The molecule has 0 spiro atoms. The summed E-state index contributed by atoms with van der Waals surface area (Å²) in [6.45, 7) is 4.84. The van der Waals surface area contributed by atoms with Crippen LogP contribution in [0, 0.1) is 0 Å². The van der Waals surface area contributed by atoms with Gasteiger partial charge in [-0.1, -0.05) is 0 Å². The standard InChI is InChI=1S/C8H15N3S/c1-6(5-9)11-7(2)8-10-3-4-12-8/h3-4,6-7,11H,5,9H2,1-2H3. The predicted molar refractivity (Wildman–Crippen MR) is 52.2 cm³/mol. The van der Waals surface area contributed by atoms with E-state index in [0.717, 1.165) is 5.01 Å². The van der Waals surface area contributed by atoms with Crippen LogP contribution in [0.5, 0.6) is 0 Å². The molecule has 0 aliphatic heterocycles. The summed E-state index contributed by atoms with van der Waals surface area (Å²) in [6, 6.07) is 0.660. The van der Waals surface area contributed by atoms with Gasteiger partial charge in [0.15, 0.2) is 0 Å². The largest absolute Gasteiger partial charge is 0.329 e. The smallest absolute Gasteiger partial charge is 0.109 e. The van der Waals surface area contributed by atoms with Crippen LogP contribution in [0.3, 0.4) is 0 Å². The topological polar surface area (TPSA) is 50.9 Å². The molecule has 68 valence electrons. The average Bonchev–Trinajstić information content (AvgIpc) is 2.56. The van der Waals surface area contributed by atoms with Gasteiger partial charge in [0.1, 0.15) is 5.01 Å². The molecule has 0 aliphatic rings. The van der Waals surface area contributed by atoms with Crippen LogP contribution in [-0.2, 0) is 0 Å². The summed E-state index contributed by atoms with van der Waals surface area (Å²) in [7, 11) is 0. The van der Waals surface area contributed by atoms with Crippen LogP contribution in [0.4, 0.5) is 0 Å². The Morgan fingerprint density at radius 2 is 2.42 bits per heavy atom. The summed E-state index contributed by atoms with van der Waals surface area (Å²) in [6.07, 6.45) is 1.82. The summed E-state index contributed by atoms with van der Waals surface area (Å²) in [5, 5.41) is 6.46. The van der Waals surface area contributed by atoms with Gasteiger partial charge in [0.25, 0.3) is 0 Å². The van der Waals surface area contributed by atoms with Crippen LogP contribution >= 0.6 is 11.3 Å². The first-order valence-corrected chi connectivity index (χ1v) is 4.97. The number of nitrogens with zero attached hydrogens (tertiary/aromatic N) is 1. The van der Waals surface area contributed by atoms with Crippen molar-refractivity contribution in [3.05, 3.63) is 16.6 Å². The van der Waals surface area contributed by atoms with E-state index in [0.29, 0.717) is 18.6 Å². The van der Waals surface area contributed by atoms with Gasteiger partial charge in [0, 0.05) is 24.2 Å². The molecule has 2 atom stereocenters. The monoisotopic (exact) mass is 185 g/mol. The number of thiazole rings is 1. The maximum absolute atomic E-state index is 5.49. The Morgan fingerprint density at radius 3 is 2.92 bits per heavy atom. The minimum absolute atomic E-state index is 0.309. The maximum Gasteiger partial charge on any atom is 0.109 e. The molecule has 3 nitrogen and oxygen atoms in total. The van der Waals surface area contributed by atoms with E-state index in [-0.39, 0.29) is 0 Å². The lowest BCUT2D eigenvalue weighted by atomic mass is 10.3. The quantitative estimate of drug-likeness (QED) is 0.739. The second kappa shape index (κ2) is 4.54. The lowest BCUT2D eigenvalue weighted by Gasteiger charge is -2.16. The zero-order valence-corrected chi connectivity index (χ0v) is 8.27. The third kappa shape index (κ3) is 2.55. The molecule has 0 saturated carbocycles. The molecular weight excluding hydrogens is 170 g/mol. The molecule has 1 aromatic heterocycles. The van der Waals surface area contributed by atoms with Gasteiger partial charge in [-0.15, -0.1) is 11.3 Å². The molecule has 1 aromatic rings. The fourth-order valence-electron chi connectivity index (χ4n) is 1.01. The van der Waals surface area contributed by atoms with Crippen LogP contribution in [0.2, 0.25) is 0 Å². The number of hydrogen-bond acceptors (Lipinski definition) is 4. The van der Waals surface area contributed by atoms with E-state index in [1.165, 1.54) is 0 Å². The van der Waals surface area contributed by atoms with E-state index in [9.17, 15) is 0 Å². The SMILES string of the molecule is CC(CN)NC(C)c1nccs1. The first kappa shape index (κ1) is 9.64. The molecule has 1 rings (SSSR count). The molecule has 0 aromatic carbocycles. The van der Waals surface area contributed by atoms with Crippen molar-refractivity contribution >= 4 is 11.3 Å². The molecular formula is C8H15N3S. The number of rotatable bonds is 4. The molecule has 1 heterocycles. The third-order valence-electron chi connectivity index (χ3n) is 1.71. The molecule has 2 unspecified atom stereocenters. The fourth-order valence-corrected chi connectivity index (χ4v) is 1.67. The second-order valence-corrected chi connectivity index (χ2v) is 3.82. The molecule has 0 fully saturated rings. The van der Waals surface area contributed by atoms with Gasteiger partial charge in [-0.2, -0.15) is 0 Å². The Labute approximate surface area is 77.0 Å². The zero-order valence-electron chi connectivity index (χ0n) is 7.45. The summed E-state index contributed by atoms with van der Waals surface area (Å²) in [5.74, 6) is 0. The van der Waals surface area contributed by atoms with Gasteiger partial charge in [0.2, 0.25) is 0 Å². The van der Waals surface area contributed by atoms with Crippen LogP contribution in [0.25, 0.3) is 0 Å². The highest BCUT2D eigenvalue weighted by molar-refractivity contribution is 7.09. The van der Waals surface area contributed by atoms with Crippen LogP contribution in [-0.4, -0.2) is 17.6 Å². The second-order valence-electron chi connectivity index (χ2n) is 2.90. The summed E-state index contributed by atoms with van der Waals surface area (Å²) in [5.41, 5.74) is 5.49. The first-order valence-electron chi connectivity index (χ1n) is 4.09. The lowest BCUT2D eigenvalue weighted by Crippen LogP contribution is -2.34. The van der Waals surface area contributed by atoms with Crippen molar-refractivity contribution in [3.8, 4) is 0 Å². The van der Waals surface area contributed by atoms with E-state index in [2.05, 4.69) is 24.1 Å². The Hall–Kier alpha value is -0.450. The van der Waals surface area contributed by atoms with Crippen molar-refractivity contribution in [1.82, 2.24) is 10.3 Å². The Morgan fingerprint density at radius 1 is 1.67 bits per heavy atom. The number of nitrogens with one attached hydrogen (secondary N) is 1. The highest BCUT2D eigenvalue weighted by Crippen LogP contribution is 2.14. The fraction of sp³-hybridized carbons (Fsp3) is 0.625. The number of aromatic nitrogens is 1. The van der Waals surface area contributed by atoms with Gasteiger partial charge in [-0.05, 0) is 13.8 Å². The summed E-state index contributed by atoms with van der Waals surface area (Å²) in [4.78, 5) is 4.22. The van der Waals surface area contributed by atoms with Gasteiger partial charge < -0.3 is 11.1 Å². The van der Waals surface area contributed by atoms with Crippen molar-refractivity contribution in [2.75, 3.05) is 6.54 Å². The van der Waals surface area contributed by atoms with Gasteiger partial charge in [-0.25, -0.2) is 4.98 Å². The minimum atomic E-state index is 0.309. The molecule has 0 saturated heterocycles. The number of hydrogen-bond donors (Lipinski definition) is 2. The summed E-state index contributed by atoms with van der Waals surface area (Å²) >= 11 is 1.67. The van der Waals surface area contributed by atoms with Crippen molar-refractivity contribution in [3.63, 3.8) is 0 Å². The van der Waals surface area contributed by atoms with Gasteiger partial charge in [0.05, 0.1) is 6.04 Å². The average molecular weight is 185 g/mol. The highest BCUT2D eigenvalue weighted by atomic mass is 32.1. The molecule has 0 aliphatic carbocycles. The van der Waals surface area contributed by atoms with E-state index in [1.807, 2.05) is 11.6 Å². The molecule has 12 heavy (non-hydrogen) atoms. The first-order chi connectivity index (χ1) is 5.74. The Balaban J connectivity index is 2.44. The molecule has 4 heteroatoms. The predicted octanol–water partition coefficient (Wildman–Crippen LogP) is 1.14. The van der Waals surface area contributed by atoms with Crippen molar-refractivity contribution in [2.45, 2.75) is 25.9 Å². The molecule has 0 radical (unpaired) electrons. The number of nitrogens with two attached hydrogens (primary N) is 1. The van der Waals surface area contributed by atoms with Gasteiger partial charge in [-0.3, -0.25) is 0 Å². The molecule has 3 N–H and O–H groups in total. The summed E-state index contributed by atoms with van der Waals surface area (Å²) < 4.78 is 0. The van der Waals surface area contributed by atoms with Crippen LogP contribution in [0.15, 0.2) is 11.6 Å². The third-order valence-corrected chi connectivity index (χ3v) is 2.67. The van der Waals surface area contributed by atoms with E-state index in [1.54, 1.807) is 11.3 Å². The van der Waals surface area contributed by atoms with Crippen LogP contribution < -0.4 is 11.1 Å². The molecule has 0 bridgehead atoms. The van der Waals surface area contributed by atoms with E-state index in [4.69, 9.17) is 5.73 Å². The lowest BCUT2D eigenvalue weighted by molar-refractivity contribution is 0.484. The van der Waals surface area contributed by atoms with Crippen molar-refractivity contribution in [2.24, 2.45) is 5.73 Å².